The fraction of sp³-hybridized carbons (Fsp3) is 0.500. The van der Waals surface area contributed by atoms with Gasteiger partial charge < -0.3 is 5.32 Å². The lowest BCUT2D eigenvalue weighted by Gasteiger charge is -2.29. The number of hydrogen-bond acceptors (Lipinski definition) is 3. The zero-order valence-electron chi connectivity index (χ0n) is 13.6. The minimum atomic E-state index is -5.68. The summed E-state index contributed by atoms with van der Waals surface area (Å²) in [7, 11) is -3.50. The number of rotatable bonds is 3. The first-order valence-corrected chi connectivity index (χ1v) is 9.29. The van der Waals surface area contributed by atoms with E-state index in [9.17, 15) is 43.9 Å². The van der Waals surface area contributed by atoms with Crippen molar-refractivity contribution in [2.75, 3.05) is 24.7 Å². The van der Waals surface area contributed by atoms with Gasteiger partial charge in [0.25, 0.3) is 0 Å². The number of benzene rings is 1. The fourth-order valence-corrected chi connectivity index (χ4v) is 3.54. The van der Waals surface area contributed by atoms with Gasteiger partial charge in [0.05, 0.1) is 6.26 Å². The number of sulfonamides is 1. The molecule has 0 radical (unpaired) electrons. The van der Waals surface area contributed by atoms with E-state index in [4.69, 9.17) is 0 Å². The third-order valence-corrected chi connectivity index (χ3v) is 5.39. The summed E-state index contributed by atoms with van der Waals surface area (Å²) in [6.45, 7) is -0.144. The van der Waals surface area contributed by atoms with Gasteiger partial charge in [-0.25, -0.2) is 30.3 Å². The summed E-state index contributed by atoms with van der Waals surface area (Å²) in [5, 5.41) is 1.56. The van der Waals surface area contributed by atoms with Crippen LogP contribution in [0.15, 0.2) is 0 Å². The second-order valence-corrected chi connectivity index (χ2v) is 7.91. The molecule has 1 heterocycles. The predicted molar refractivity (Wildman–Crippen MR) is 79.0 cm³/mol. The van der Waals surface area contributed by atoms with Gasteiger partial charge in [0.15, 0.2) is 23.3 Å². The number of alkyl halides is 3. The first-order chi connectivity index (χ1) is 12.2. The van der Waals surface area contributed by atoms with Gasteiger partial charge in [0, 0.05) is 19.0 Å². The van der Waals surface area contributed by atoms with E-state index in [-0.39, 0.29) is 25.9 Å². The van der Waals surface area contributed by atoms with Gasteiger partial charge in [-0.2, -0.15) is 13.2 Å². The molecule has 5 nitrogen and oxygen atoms in total. The number of nitrogens with zero attached hydrogens (tertiary/aromatic N) is 1. The third-order valence-electron chi connectivity index (χ3n) is 4.09. The van der Waals surface area contributed by atoms with Crippen LogP contribution in [0, 0.1) is 29.2 Å². The van der Waals surface area contributed by atoms with E-state index in [2.05, 4.69) is 0 Å². The van der Waals surface area contributed by atoms with Crippen molar-refractivity contribution in [1.82, 2.24) is 4.31 Å². The van der Waals surface area contributed by atoms with Gasteiger partial charge in [-0.15, -0.1) is 0 Å². The fourth-order valence-electron chi connectivity index (χ4n) is 2.67. The molecule has 0 aliphatic carbocycles. The van der Waals surface area contributed by atoms with Crippen LogP contribution >= 0.6 is 0 Å². The van der Waals surface area contributed by atoms with Crippen LogP contribution in [0.5, 0.6) is 0 Å². The van der Waals surface area contributed by atoms with Crippen LogP contribution in [0.3, 0.4) is 0 Å². The van der Waals surface area contributed by atoms with Crippen molar-refractivity contribution in [1.29, 1.82) is 0 Å². The van der Waals surface area contributed by atoms with E-state index in [1.807, 2.05) is 0 Å². The molecule has 0 unspecified atom stereocenters. The van der Waals surface area contributed by atoms with Crippen LogP contribution < -0.4 is 5.32 Å². The number of anilines is 1. The summed E-state index contributed by atoms with van der Waals surface area (Å²) in [4.78, 5) is 12.1. The molecular weight excluding hydrogens is 409 g/mol. The largest absolute Gasteiger partial charge is 0.422 e. The highest BCUT2D eigenvalue weighted by Gasteiger charge is 2.43. The number of halogens is 7. The van der Waals surface area contributed by atoms with Gasteiger partial charge >= 0.3 is 6.18 Å². The number of amides is 1. The lowest BCUT2D eigenvalue weighted by molar-refractivity contribution is -0.143. The van der Waals surface area contributed by atoms with Crippen molar-refractivity contribution in [2.45, 2.75) is 19.0 Å². The molecule has 13 heteroatoms. The highest BCUT2D eigenvalue weighted by Crippen LogP contribution is 2.38. The molecule has 1 aliphatic rings. The lowest BCUT2D eigenvalue weighted by Crippen LogP contribution is -2.41. The zero-order chi connectivity index (χ0) is 20.7. The van der Waals surface area contributed by atoms with E-state index in [1.165, 1.54) is 0 Å². The van der Waals surface area contributed by atoms with Crippen LogP contribution in [0.2, 0.25) is 0 Å². The highest BCUT2D eigenvalue weighted by molar-refractivity contribution is 7.88. The van der Waals surface area contributed by atoms with Crippen molar-refractivity contribution in [3.05, 3.63) is 28.8 Å². The van der Waals surface area contributed by atoms with Crippen molar-refractivity contribution in [3.8, 4) is 0 Å². The number of nitrogens with one attached hydrogen (secondary N) is 1. The van der Waals surface area contributed by atoms with Crippen LogP contribution in [0.4, 0.5) is 36.4 Å². The summed E-state index contributed by atoms with van der Waals surface area (Å²) in [5.74, 6) is -12.2. The Hall–Kier alpha value is -1.89. The van der Waals surface area contributed by atoms with E-state index in [0.29, 0.717) is 0 Å². The molecule has 1 amide bonds. The number of carbonyl (C=O) groups is 1. The average molecular weight is 422 g/mol. The molecule has 27 heavy (non-hydrogen) atoms. The Morgan fingerprint density at radius 2 is 1.44 bits per heavy atom. The van der Waals surface area contributed by atoms with Gasteiger partial charge in [-0.3, -0.25) is 4.79 Å². The molecule has 2 rings (SSSR count). The summed E-state index contributed by atoms with van der Waals surface area (Å²) >= 11 is 0. The Bertz CT molecular complexity index is 833. The maximum absolute atomic E-state index is 13.8. The first kappa shape index (κ1) is 21.4. The summed E-state index contributed by atoms with van der Waals surface area (Å²) in [5.41, 5.74) is -4.41. The average Bonchev–Trinajstić information content (AvgIpc) is 2.55. The minimum Gasteiger partial charge on any atom is -0.321 e. The quantitative estimate of drug-likeness (QED) is 0.602. The predicted octanol–water partition coefficient (Wildman–Crippen LogP) is 2.87. The molecule has 1 aliphatic heterocycles. The second kappa shape index (κ2) is 7.26. The van der Waals surface area contributed by atoms with Gasteiger partial charge in [-0.1, -0.05) is 0 Å². The Labute approximate surface area is 149 Å². The van der Waals surface area contributed by atoms with Gasteiger partial charge in [-0.05, 0) is 12.8 Å². The van der Waals surface area contributed by atoms with Crippen molar-refractivity contribution in [2.24, 2.45) is 5.92 Å². The number of piperidine rings is 1. The Morgan fingerprint density at radius 1 is 1.00 bits per heavy atom. The topological polar surface area (TPSA) is 66.5 Å². The van der Waals surface area contributed by atoms with E-state index < -0.39 is 62.5 Å². The minimum absolute atomic E-state index is 0.0479. The molecule has 1 fully saturated rings. The van der Waals surface area contributed by atoms with Gasteiger partial charge in [0.1, 0.15) is 11.3 Å². The van der Waals surface area contributed by atoms with Crippen LogP contribution in [0.25, 0.3) is 0 Å². The van der Waals surface area contributed by atoms with E-state index in [1.54, 1.807) is 5.32 Å². The molecule has 1 aromatic rings. The molecule has 0 spiro atoms. The van der Waals surface area contributed by atoms with Crippen molar-refractivity contribution < 1.29 is 43.9 Å². The van der Waals surface area contributed by atoms with Crippen molar-refractivity contribution >= 4 is 21.6 Å². The SMILES string of the molecule is CS(=O)(=O)N1CCC(C(=O)Nc2c(F)c(F)c(C(F)(F)F)c(F)c2F)CC1. The number of hydrogen-bond donors (Lipinski definition) is 1. The summed E-state index contributed by atoms with van der Waals surface area (Å²) in [6, 6.07) is 0. The molecule has 1 N–H and O–H groups in total. The standard InChI is InChI=1S/C14H13F7N2O3S/c1-27(25,26)23-4-2-6(3-5-23)13(24)22-12-10(17)8(15)7(14(19,20)21)9(16)11(12)18/h6H,2-5H2,1H3,(H,22,24). The second-order valence-electron chi connectivity index (χ2n) is 5.93. The zero-order valence-corrected chi connectivity index (χ0v) is 14.4. The van der Waals surface area contributed by atoms with E-state index >= 15 is 0 Å². The lowest BCUT2D eigenvalue weighted by atomic mass is 9.97. The van der Waals surface area contributed by atoms with Crippen LogP contribution in [-0.4, -0.2) is 38.0 Å². The van der Waals surface area contributed by atoms with Crippen LogP contribution in [-0.2, 0) is 21.0 Å². The monoisotopic (exact) mass is 422 g/mol. The van der Waals surface area contributed by atoms with E-state index in [0.717, 1.165) is 10.6 Å². The molecule has 0 bridgehead atoms. The summed E-state index contributed by atoms with van der Waals surface area (Å²) < 4.78 is 116. The molecule has 152 valence electrons. The molecular formula is C14H13F7N2O3S. The maximum atomic E-state index is 13.8. The smallest absolute Gasteiger partial charge is 0.321 e. The molecule has 0 saturated carbocycles. The molecule has 1 saturated heterocycles. The maximum Gasteiger partial charge on any atom is 0.422 e. The Balaban J connectivity index is 2.25. The Morgan fingerprint density at radius 3 is 1.81 bits per heavy atom. The normalized spacial score (nSPS) is 17.2. The van der Waals surface area contributed by atoms with Gasteiger partial charge in [0.2, 0.25) is 15.9 Å². The summed E-state index contributed by atoms with van der Waals surface area (Å²) in [6.07, 6.45) is -4.83. The molecule has 1 aromatic carbocycles. The third kappa shape index (κ3) is 4.34. The van der Waals surface area contributed by atoms with Crippen molar-refractivity contribution in [3.63, 3.8) is 0 Å². The molecule has 0 atom stereocenters. The first-order valence-electron chi connectivity index (χ1n) is 7.44. The highest BCUT2D eigenvalue weighted by atomic mass is 32.2. The van der Waals surface area contributed by atoms with Crippen LogP contribution in [0.1, 0.15) is 18.4 Å². The number of carbonyl (C=O) groups excluding carboxylic acids is 1. The molecule has 0 aromatic heterocycles. The Kier molecular flexibility index (Phi) is 5.76.